The van der Waals surface area contributed by atoms with Gasteiger partial charge in [0.2, 0.25) is 0 Å². The summed E-state index contributed by atoms with van der Waals surface area (Å²) < 4.78 is 32.0. The van der Waals surface area contributed by atoms with Gasteiger partial charge in [-0.2, -0.15) is 5.06 Å². The Morgan fingerprint density at radius 1 is 1.14 bits per heavy atom. The van der Waals surface area contributed by atoms with E-state index in [2.05, 4.69) is 22.1 Å². The molecule has 2 heterocycles. The Hall–Kier alpha value is -2.49. The molecule has 0 radical (unpaired) electrons. The minimum atomic E-state index is -3.89. The molecule has 0 aliphatic carbocycles. The first-order valence-corrected chi connectivity index (χ1v) is 13.4. The summed E-state index contributed by atoms with van der Waals surface area (Å²) >= 11 is 0. The second-order valence-corrected chi connectivity index (χ2v) is 11.1. The quantitative estimate of drug-likeness (QED) is 0.290. The molecule has 2 aliphatic rings. The van der Waals surface area contributed by atoms with Crippen molar-refractivity contribution in [2.75, 3.05) is 65.2 Å². The molecule has 1 aromatic rings. The zero-order valence-electron chi connectivity index (χ0n) is 20.3. The van der Waals surface area contributed by atoms with Crippen molar-refractivity contribution < 1.29 is 28.0 Å². The Bertz CT molecular complexity index is 1050. The van der Waals surface area contributed by atoms with E-state index in [-0.39, 0.29) is 36.0 Å². The first-order chi connectivity index (χ1) is 16.7. The van der Waals surface area contributed by atoms with Crippen molar-refractivity contribution in [3.63, 3.8) is 0 Å². The van der Waals surface area contributed by atoms with Gasteiger partial charge in [-0.3, -0.25) is 19.7 Å². The Labute approximate surface area is 207 Å². The summed E-state index contributed by atoms with van der Waals surface area (Å²) in [5.74, 6) is 3.86. The van der Waals surface area contributed by atoms with Crippen LogP contribution in [0, 0.1) is 17.3 Å². The maximum Gasteiger partial charge on any atom is 0.267 e. The normalized spacial score (nSPS) is 18.8. The van der Waals surface area contributed by atoms with Crippen LogP contribution in [0.3, 0.4) is 0 Å². The first kappa shape index (κ1) is 27.1. The van der Waals surface area contributed by atoms with E-state index in [1.807, 2.05) is 11.9 Å². The number of piperazine rings is 1. The van der Waals surface area contributed by atoms with Gasteiger partial charge in [0, 0.05) is 26.2 Å². The highest BCUT2D eigenvalue weighted by Gasteiger charge is 2.47. The van der Waals surface area contributed by atoms with Crippen molar-refractivity contribution in [2.24, 2.45) is 5.41 Å². The molecule has 2 saturated heterocycles. The predicted octanol–water partition coefficient (Wildman–Crippen LogP) is 0.224. The first-order valence-electron chi connectivity index (χ1n) is 11.7. The third-order valence-electron chi connectivity index (χ3n) is 6.53. The SMILES string of the molecule is CC#CCOc1ccc(S(=O)(=O)CC2(C(=O)N(O)C(=O)CN3CCN(C)CC3)CCNCC2)cc1. The molecule has 2 amide bonds. The molecule has 2 aliphatic heterocycles. The van der Waals surface area contributed by atoms with Gasteiger partial charge in [-0.1, -0.05) is 5.92 Å². The van der Waals surface area contributed by atoms with Gasteiger partial charge < -0.3 is 15.0 Å². The van der Waals surface area contributed by atoms with E-state index in [0.717, 1.165) is 13.1 Å². The number of rotatable bonds is 8. The summed E-state index contributed by atoms with van der Waals surface area (Å²) in [6.07, 6.45) is 0.390. The van der Waals surface area contributed by atoms with Gasteiger partial charge in [0.05, 0.1) is 22.6 Å². The number of ether oxygens (including phenoxy) is 1. The summed E-state index contributed by atoms with van der Waals surface area (Å²) in [6.45, 7) is 5.50. The average Bonchev–Trinajstić information content (AvgIpc) is 2.85. The number of nitrogens with zero attached hydrogens (tertiary/aromatic N) is 3. The molecule has 2 fully saturated rings. The molecule has 0 atom stereocenters. The highest BCUT2D eigenvalue weighted by Crippen LogP contribution is 2.35. The van der Waals surface area contributed by atoms with Crippen LogP contribution in [0.1, 0.15) is 19.8 Å². The van der Waals surface area contributed by atoms with Crippen LogP contribution < -0.4 is 10.1 Å². The lowest BCUT2D eigenvalue weighted by Crippen LogP contribution is -2.55. The van der Waals surface area contributed by atoms with Crippen molar-refractivity contribution in [3.05, 3.63) is 24.3 Å². The summed E-state index contributed by atoms with van der Waals surface area (Å²) in [7, 11) is -1.90. The molecule has 1 aromatic carbocycles. The molecule has 10 nitrogen and oxygen atoms in total. The Kier molecular flexibility index (Phi) is 9.27. The van der Waals surface area contributed by atoms with E-state index in [1.54, 1.807) is 19.1 Å². The third-order valence-corrected chi connectivity index (χ3v) is 8.46. The lowest BCUT2D eigenvalue weighted by molar-refractivity contribution is -0.188. The van der Waals surface area contributed by atoms with Crippen LogP contribution in [-0.4, -0.2) is 106 Å². The molecule has 11 heteroatoms. The largest absolute Gasteiger partial charge is 0.481 e. The number of likely N-dealkylation sites (N-methyl/N-ethyl adjacent to an activating group) is 1. The standard InChI is InChI=1S/C24H34N4O6S/c1-3-4-17-34-20-5-7-21(8-6-20)35(32,33)19-24(9-11-25-12-10-24)23(30)28(31)22(29)18-27-15-13-26(2)14-16-27/h5-8,25,31H,9-19H2,1-2H3. The van der Waals surface area contributed by atoms with E-state index in [0.29, 0.717) is 31.9 Å². The van der Waals surface area contributed by atoms with Crippen molar-refractivity contribution in [1.82, 2.24) is 20.2 Å². The highest BCUT2D eigenvalue weighted by molar-refractivity contribution is 7.91. The minimum absolute atomic E-state index is 0.0467. The molecule has 192 valence electrons. The average molecular weight is 507 g/mol. The maximum absolute atomic E-state index is 13.4. The molecule has 0 aromatic heterocycles. The minimum Gasteiger partial charge on any atom is -0.481 e. The number of hydroxylamine groups is 2. The number of hydrogen-bond donors (Lipinski definition) is 2. The molecule has 0 bridgehead atoms. The molecule has 3 rings (SSSR count). The van der Waals surface area contributed by atoms with E-state index in [9.17, 15) is 23.2 Å². The fourth-order valence-electron chi connectivity index (χ4n) is 4.31. The van der Waals surface area contributed by atoms with Crippen LogP contribution >= 0.6 is 0 Å². The monoisotopic (exact) mass is 506 g/mol. The van der Waals surface area contributed by atoms with E-state index >= 15 is 0 Å². The Balaban J connectivity index is 1.73. The molecule has 0 saturated carbocycles. The predicted molar refractivity (Wildman–Crippen MR) is 130 cm³/mol. The summed E-state index contributed by atoms with van der Waals surface area (Å²) in [5.41, 5.74) is -1.40. The smallest absolute Gasteiger partial charge is 0.267 e. The number of carbonyl (C=O) groups is 2. The molecular formula is C24H34N4O6S. The molecule has 2 N–H and O–H groups in total. The van der Waals surface area contributed by atoms with Crippen molar-refractivity contribution in [3.8, 4) is 17.6 Å². The van der Waals surface area contributed by atoms with E-state index in [4.69, 9.17) is 4.74 Å². The van der Waals surface area contributed by atoms with Gasteiger partial charge in [0.15, 0.2) is 9.84 Å². The van der Waals surface area contributed by atoms with Gasteiger partial charge in [-0.05, 0) is 64.2 Å². The van der Waals surface area contributed by atoms with Crippen LogP contribution in [0.4, 0.5) is 0 Å². The number of benzene rings is 1. The number of nitrogens with one attached hydrogen (secondary N) is 1. The summed E-state index contributed by atoms with van der Waals surface area (Å²) in [5, 5.41) is 13.8. The van der Waals surface area contributed by atoms with Gasteiger partial charge in [0.1, 0.15) is 12.4 Å². The maximum atomic E-state index is 13.4. The number of hydrogen-bond acceptors (Lipinski definition) is 9. The second kappa shape index (κ2) is 12.0. The van der Waals surface area contributed by atoms with Crippen LogP contribution in [0.2, 0.25) is 0 Å². The Morgan fingerprint density at radius 3 is 2.37 bits per heavy atom. The number of piperidine rings is 1. The number of amides is 2. The summed E-state index contributed by atoms with van der Waals surface area (Å²) in [6, 6.07) is 5.94. The second-order valence-electron chi connectivity index (χ2n) is 9.07. The van der Waals surface area contributed by atoms with Crippen molar-refractivity contribution in [1.29, 1.82) is 0 Å². The van der Waals surface area contributed by atoms with Gasteiger partial charge in [-0.25, -0.2) is 8.42 Å². The van der Waals surface area contributed by atoms with E-state index in [1.165, 1.54) is 12.1 Å². The molecule has 0 unspecified atom stereocenters. The number of imide groups is 1. The highest BCUT2D eigenvalue weighted by atomic mass is 32.2. The zero-order valence-corrected chi connectivity index (χ0v) is 21.1. The van der Waals surface area contributed by atoms with Crippen LogP contribution in [0.15, 0.2) is 29.2 Å². The van der Waals surface area contributed by atoms with Gasteiger partial charge >= 0.3 is 0 Å². The van der Waals surface area contributed by atoms with Crippen LogP contribution in [-0.2, 0) is 19.4 Å². The Morgan fingerprint density at radius 2 is 1.77 bits per heavy atom. The molecular weight excluding hydrogens is 472 g/mol. The fraction of sp³-hybridized carbons (Fsp3) is 0.583. The van der Waals surface area contributed by atoms with Crippen molar-refractivity contribution in [2.45, 2.75) is 24.7 Å². The molecule has 0 spiro atoms. The topological polar surface area (TPSA) is 119 Å². The number of carbonyl (C=O) groups excluding carboxylic acids is 2. The third kappa shape index (κ3) is 7.02. The summed E-state index contributed by atoms with van der Waals surface area (Å²) in [4.78, 5) is 30.1. The van der Waals surface area contributed by atoms with Crippen molar-refractivity contribution >= 4 is 21.7 Å². The van der Waals surface area contributed by atoms with Gasteiger partial charge in [0.25, 0.3) is 11.8 Å². The number of sulfone groups is 1. The lowest BCUT2D eigenvalue weighted by Gasteiger charge is -2.38. The fourth-order valence-corrected chi connectivity index (χ4v) is 6.17. The molecule has 35 heavy (non-hydrogen) atoms. The van der Waals surface area contributed by atoms with Crippen LogP contribution in [0.25, 0.3) is 0 Å². The van der Waals surface area contributed by atoms with Gasteiger partial charge in [-0.15, -0.1) is 5.92 Å². The lowest BCUT2D eigenvalue weighted by atomic mass is 9.79. The van der Waals surface area contributed by atoms with Crippen LogP contribution in [0.5, 0.6) is 5.75 Å². The van der Waals surface area contributed by atoms with E-state index < -0.39 is 32.8 Å². The zero-order chi connectivity index (χ0) is 25.5.